The molecule has 25 heavy (non-hydrogen) atoms. The number of halogens is 2. The summed E-state index contributed by atoms with van der Waals surface area (Å²) in [7, 11) is -4.11. The first-order valence-electron chi connectivity index (χ1n) is 7.46. The minimum Gasteiger partial charge on any atom is -0.493 e. The van der Waals surface area contributed by atoms with E-state index in [2.05, 4.69) is 0 Å². The molecular formula is C18H14Cl2O4S. The Kier molecular flexibility index (Phi) is 5.08. The van der Waals surface area contributed by atoms with Gasteiger partial charge in [0.2, 0.25) is 0 Å². The highest BCUT2D eigenvalue weighted by molar-refractivity contribution is 7.87. The molecule has 4 nitrogen and oxygen atoms in total. The maximum atomic E-state index is 12.8. The maximum absolute atomic E-state index is 12.8. The molecule has 0 unspecified atom stereocenters. The molecule has 0 bridgehead atoms. The zero-order valence-corrected chi connectivity index (χ0v) is 15.5. The van der Waals surface area contributed by atoms with Gasteiger partial charge in [-0.1, -0.05) is 47.5 Å². The molecule has 7 heteroatoms. The van der Waals surface area contributed by atoms with Gasteiger partial charge < -0.3 is 8.92 Å². The van der Waals surface area contributed by atoms with Gasteiger partial charge in [-0.2, -0.15) is 8.42 Å². The van der Waals surface area contributed by atoms with E-state index in [9.17, 15) is 8.42 Å². The lowest BCUT2D eigenvalue weighted by Crippen LogP contribution is -2.11. The summed E-state index contributed by atoms with van der Waals surface area (Å²) in [6.45, 7) is 2.34. The van der Waals surface area contributed by atoms with Gasteiger partial charge in [0.25, 0.3) is 0 Å². The lowest BCUT2D eigenvalue weighted by molar-refractivity contribution is 0.344. The molecule has 0 atom stereocenters. The lowest BCUT2D eigenvalue weighted by atomic mass is 10.1. The highest BCUT2D eigenvalue weighted by Crippen LogP contribution is 2.34. The summed E-state index contributed by atoms with van der Waals surface area (Å²) >= 11 is 11.9. The monoisotopic (exact) mass is 396 g/mol. The molecule has 3 rings (SSSR count). The van der Waals surface area contributed by atoms with E-state index in [1.165, 1.54) is 18.2 Å². The second-order valence-electron chi connectivity index (χ2n) is 5.15. The summed E-state index contributed by atoms with van der Waals surface area (Å²) in [6, 6.07) is 14.5. The van der Waals surface area contributed by atoms with E-state index in [-0.39, 0.29) is 15.7 Å². The largest absolute Gasteiger partial charge is 0.493 e. The van der Waals surface area contributed by atoms with E-state index in [1.54, 1.807) is 30.3 Å². The second-order valence-corrected chi connectivity index (χ2v) is 7.51. The van der Waals surface area contributed by atoms with E-state index in [0.717, 1.165) is 0 Å². The van der Waals surface area contributed by atoms with E-state index >= 15 is 0 Å². The van der Waals surface area contributed by atoms with Gasteiger partial charge in [-0.05, 0) is 31.2 Å². The highest BCUT2D eigenvalue weighted by atomic mass is 35.5. The minimum absolute atomic E-state index is 0.0212. The predicted molar refractivity (Wildman–Crippen MR) is 99.4 cm³/mol. The predicted octanol–water partition coefficient (Wildman–Crippen LogP) is 5.31. The van der Waals surface area contributed by atoms with Crippen LogP contribution >= 0.6 is 23.2 Å². The quantitative estimate of drug-likeness (QED) is 0.548. The number of fused-ring (bicyclic) bond motifs is 1. The Bertz CT molecular complexity index is 1030. The fraction of sp³-hybridized carbons (Fsp3) is 0.111. The number of ether oxygens (including phenoxy) is 1. The van der Waals surface area contributed by atoms with Gasteiger partial charge in [0.05, 0.1) is 11.6 Å². The van der Waals surface area contributed by atoms with Crippen molar-refractivity contribution in [2.24, 2.45) is 0 Å². The van der Waals surface area contributed by atoms with E-state index in [1.807, 2.05) is 13.0 Å². The van der Waals surface area contributed by atoms with Crippen LogP contribution in [0.1, 0.15) is 6.92 Å². The van der Waals surface area contributed by atoms with Crippen LogP contribution in [0.15, 0.2) is 59.5 Å². The zero-order valence-electron chi connectivity index (χ0n) is 13.2. The molecular weight excluding hydrogens is 383 g/mol. The minimum atomic E-state index is -4.11. The van der Waals surface area contributed by atoms with Crippen LogP contribution in [0.5, 0.6) is 11.5 Å². The van der Waals surface area contributed by atoms with E-state index in [0.29, 0.717) is 28.2 Å². The van der Waals surface area contributed by atoms with Gasteiger partial charge in [-0.3, -0.25) is 0 Å². The highest BCUT2D eigenvalue weighted by Gasteiger charge is 2.22. The van der Waals surface area contributed by atoms with Crippen LogP contribution in [-0.2, 0) is 10.1 Å². The summed E-state index contributed by atoms with van der Waals surface area (Å²) in [6.07, 6.45) is 0. The average Bonchev–Trinajstić information content (AvgIpc) is 2.58. The number of hydrogen-bond donors (Lipinski definition) is 0. The van der Waals surface area contributed by atoms with Crippen molar-refractivity contribution in [2.75, 3.05) is 6.61 Å². The average molecular weight is 397 g/mol. The second kappa shape index (κ2) is 7.12. The lowest BCUT2D eigenvalue weighted by Gasteiger charge is -2.13. The molecule has 0 aliphatic carbocycles. The van der Waals surface area contributed by atoms with Crippen LogP contribution in [0.3, 0.4) is 0 Å². The third-order valence-corrected chi connectivity index (χ3v) is 5.35. The van der Waals surface area contributed by atoms with Crippen molar-refractivity contribution < 1.29 is 17.3 Å². The Morgan fingerprint density at radius 2 is 1.64 bits per heavy atom. The molecule has 0 saturated carbocycles. The summed E-state index contributed by atoms with van der Waals surface area (Å²) in [4.78, 5) is 0.0302. The number of benzene rings is 3. The van der Waals surface area contributed by atoms with Crippen molar-refractivity contribution in [1.82, 2.24) is 0 Å². The first-order valence-corrected chi connectivity index (χ1v) is 9.63. The van der Waals surface area contributed by atoms with Crippen molar-refractivity contribution >= 4 is 44.1 Å². The Morgan fingerprint density at radius 1 is 0.920 bits per heavy atom. The fourth-order valence-electron chi connectivity index (χ4n) is 2.45. The third-order valence-electron chi connectivity index (χ3n) is 3.51. The Balaban J connectivity index is 2.12. The smallest absolute Gasteiger partial charge is 0.339 e. The molecule has 0 spiro atoms. The molecule has 0 fully saturated rings. The molecule has 0 N–H and O–H groups in total. The molecule has 0 amide bonds. The molecule has 0 aromatic heterocycles. The van der Waals surface area contributed by atoms with Crippen molar-refractivity contribution in [3.05, 3.63) is 64.6 Å². The Labute approximate surface area is 156 Å². The van der Waals surface area contributed by atoms with Crippen LogP contribution in [0, 0.1) is 0 Å². The molecule has 130 valence electrons. The van der Waals surface area contributed by atoms with Gasteiger partial charge in [-0.15, -0.1) is 0 Å². The van der Waals surface area contributed by atoms with Crippen molar-refractivity contribution in [3.8, 4) is 11.5 Å². The maximum Gasteiger partial charge on any atom is 0.339 e. The van der Waals surface area contributed by atoms with Crippen molar-refractivity contribution in [1.29, 1.82) is 0 Å². The van der Waals surface area contributed by atoms with Gasteiger partial charge in [0.15, 0.2) is 5.75 Å². The number of rotatable bonds is 5. The molecule has 3 aromatic carbocycles. The van der Waals surface area contributed by atoms with E-state index in [4.69, 9.17) is 32.1 Å². The fourth-order valence-corrected chi connectivity index (χ4v) is 3.96. The van der Waals surface area contributed by atoms with Gasteiger partial charge in [0, 0.05) is 21.9 Å². The first kappa shape index (κ1) is 17.9. The zero-order chi connectivity index (χ0) is 18.0. The summed E-state index contributed by atoms with van der Waals surface area (Å²) in [5.41, 5.74) is 0. The number of hydrogen-bond acceptors (Lipinski definition) is 4. The van der Waals surface area contributed by atoms with Crippen LogP contribution in [0.25, 0.3) is 10.8 Å². The van der Waals surface area contributed by atoms with Crippen LogP contribution in [-0.4, -0.2) is 15.0 Å². The van der Waals surface area contributed by atoms with Crippen LogP contribution in [0.2, 0.25) is 10.0 Å². The normalized spacial score (nSPS) is 11.5. The topological polar surface area (TPSA) is 52.6 Å². The SMILES string of the molecule is CCOc1ccc(S(=O)(=O)Oc2cc(Cl)ccc2Cl)c2ccccc12. The molecule has 0 radical (unpaired) electrons. The standard InChI is InChI=1S/C18H14Cl2O4S/c1-2-23-16-9-10-18(14-6-4-3-5-13(14)16)25(21,22)24-17-11-12(19)7-8-15(17)20/h3-11H,2H2,1H3. The molecule has 0 aliphatic rings. The molecule has 0 aliphatic heterocycles. The first-order chi connectivity index (χ1) is 11.9. The summed E-state index contributed by atoms with van der Waals surface area (Å²) in [5.74, 6) is 0.588. The molecule has 3 aromatic rings. The van der Waals surface area contributed by atoms with Gasteiger partial charge in [0.1, 0.15) is 10.6 Å². The van der Waals surface area contributed by atoms with Crippen molar-refractivity contribution in [2.45, 2.75) is 11.8 Å². The Morgan fingerprint density at radius 3 is 2.36 bits per heavy atom. The Hall–Kier alpha value is -1.95. The summed E-state index contributed by atoms with van der Waals surface area (Å²) < 4.78 is 36.4. The molecule has 0 saturated heterocycles. The van der Waals surface area contributed by atoms with E-state index < -0.39 is 10.1 Å². The van der Waals surface area contributed by atoms with Crippen molar-refractivity contribution in [3.63, 3.8) is 0 Å². The third kappa shape index (κ3) is 3.68. The van der Waals surface area contributed by atoms with Gasteiger partial charge in [-0.25, -0.2) is 0 Å². The van der Waals surface area contributed by atoms with Crippen LogP contribution in [0.4, 0.5) is 0 Å². The molecule has 0 heterocycles. The van der Waals surface area contributed by atoms with Crippen LogP contribution < -0.4 is 8.92 Å². The summed E-state index contributed by atoms with van der Waals surface area (Å²) in [5, 5.41) is 1.67. The van der Waals surface area contributed by atoms with Gasteiger partial charge >= 0.3 is 10.1 Å².